The second-order valence-corrected chi connectivity index (χ2v) is 5.74. The molecule has 1 unspecified atom stereocenters. The van der Waals surface area contributed by atoms with E-state index in [9.17, 15) is 23.3 Å². The zero-order chi connectivity index (χ0) is 14.8. The summed E-state index contributed by atoms with van der Waals surface area (Å²) in [5.74, 6) is 0.224. The summed E-state index contributed by atoms with van der Waals surface area (Å²) >= 11 is 3.38. The first-order chi connectivity index (χ1) is 8.62. The van der Waals surface area contributed by atoms with Crippen molar-refractivity contribution in [1.29, 1.82) is 0 Å². The lowest BCUT2D eigenvalue weighted by Gasteiger charge is -2.14. The molecule has 1 aromatic rings. The van der Waals surface area contributed by atoms with Crippen LogP contribution in [0.4, 0.5) is 18.9 Å². The third kappa shape index (κ3) is 4.19. The molecule has 1 rings (SSSR count). The fourth-order valence-electron chi connectivity index (χ4n) is 1.53. The molecule has 0 spiro atoms. The van der Waals surface area contributed by atoms with Gasteiger partial charge in [-0.05, 0) is 18.4 Å². The Hall–Kier alpha value is -1.11. The van der Waals surface area contributed by atoms with Crippen LogP contribution in [-0.4, -0.2) is 9.75 Å². The van der Waals surface area contributed by atoms with Crippen LogP contribution in [-0.2, 0) is 12.6 Å². The zero-order valence-corrected chi connectivity index (χ0v) is 12.0. The molecule has 1 aromatic carbocycles. The molecule has 0 bridgehead atoms. The lowest BCUT2D eigenvalue weighted by Crippen LogP contribution is -2.13. The maximum absolute atomic E-state index is 12.5. The van der Waals surface area contributed by atoms with Crippen LogP contribution in [0.15, 0.2) is 18.2 Å². The monoisotopic (exact) mass is 339 g/mol. The van der Waals surface area contributed by atoms with E-state index in [4.69, 9.17) is 0 Å². The summed E-state index contributed by atoms with van der Waals surface area (Å²) in [6.07, 6.45) is -4.26. The summed E-state index contributed by atoms with van der Waals surface area (Å²) in [4.78, 5) is 10.1. The highest BCUT2D eigenvalue weighted by molar-refractivity contribution is 9.09. The fraction of sp³-hybridized carbons (Fsp3) is 0.500. The Morgan fingerprint density at radius 1 is 1.37 bits per heavy atom. The minimum Gasteiger partial charge on any atom is -0.258 e. The van der Waals surface area contributed by atoms with Crippen molar-refractivity contribution >= 4 is 21.6 Å². The fourth-order valence-corrected chi connectivity index (χ4v) is 1.88. The van der Waals surface area contributed by atoms with Gasteiger partial charge in [0.25, 0.3) is 5.69 Å². The van der Waals surface area contributed by atoms with Gasteiger partial charge in [0.1, 0.15) is 0 Å². The smallest absolute Gasteiger partial charge is 0.258 e. The molecule has 0 aliphatic heterocycles. The van der Waals surface area contributed by atoms with E-state index in [1.165, 1.54) is 6.07 Å². The Labute approximate surface area is 117 Å². The van der Waals surface area contributed by atoms with Crippen molar-refractivity contribution in [2.24, 2.45) is 5.92 Å². The van der Waals surface area contributed by atoms with E-state index in [0.29, 0.717) is 18.1 Å². The summed E-state index contributed by atoms with van der Waals surface area (Å²) in [6.45, 7) is 3.85. The predicted molar refractivity (Wildman–Crippen MR) is 69.4 cm³/mol. The maximum Gasteiger partial charge on any atom is 0.416 e. The number of rotatable bonds is 4. The van der Waals surface area contributed by atoms with Crippen molar-refractivity contribution in [1.82, 2.24) is 0 Å². The van der Waals surface area contributed by atoms with Crippen molar-refractivity contribution in [3.05, 3.63) is 39.4 Å². The van der Waals surface area contributed by atoms with Crippen LogP contribution in [0.25, 0.3) is 0 Å². The number of alkyl halides is 4. The minimum absolute atomic E-state index is 0.0251. The zero-order valence-electron chi connectivity index (χ0n) is 10.4. The van der Waals surface area contributed by atoms with E-state index in [1.807, 2.05) is 13.8 Å². The van der Waals surface area contributed by atoms with Gasteiger partial charge in [-0.25, -0.2) is 0 Å². The van der Waals surface area contributed by atoms with E-state index < -0.39 is 22.4 Å². The molecule has 0 saturated heterocycles. The Morgan fingerprint density at radius 2 is 1.95 bits per heavy atom. The number of hydrogen-bond donors (Lipinski definition) is 0. The van der Waals surface area contributed by atoms with Gasteiger partial charge in [-0.2, -0.15) is 13.2 Å². The SMILES string of the molecule is CC(C)C(Br)Cc1ccc(C(F)(F)F)cc1[N+](=O)[O-]. The number of nitrogens with zero attached hydrogens (tertiary/aromatic N) is 1. The Kier molecular flexibility index (Phi) is 4.95. The number of nitro groups is 1. The molecular formula is C12H13BrF3NO2. The van der Waals surface area contributed by atoms with Gasteiger partial charge in [0.2, 0.25) is 0 Å². The van der Waals surface area contributed by atoms with Crippen LogP contribution in [0.1, 0.15) is 25.0 Å². The number of benzene rings is 1. The lowest BCUT2D eigenvalue weighted by atomic mass is 9.99. The van der Waals surface area contributed by atoms with Crippen molar-refractivity contribution in [2.45, 2.75) is 31.3 Å². The molecule has 0 saturated carbocycles. The molecule has 19 heavy (non-hydrogen) atoms. The normalized spacial score (nSPS) is 13.6. The molecule has 0 aromatic heterocycles. The van der Waals surface area contributed by atoms with E-state index in [0.717, 1.165) is 6.07 Å². The lowest BCUT2D eigenvalue weighted by molar-refractivity contribution is -0.385. The van der Waals surface area contributed by atoms with Gasteiger partial charge < -0.3 is 0 Å². The second-order valence-electron chi connectivity index (χ2n) is 4.56. The topological polar surface area (TPSA) is 43.1 Å². The molecule has 0 N–H and O–H groups in total. The van der Waals surface area contributed by atoms with Gasteiger partial charge in [-0.1, -0.05) is 35.8 Å². The van der Waals surface area contributed by atoms with Crippen LogP contribution >= 0.6 is 15.9 Å². The van der Waals surface area contributed by atoms with Gasteiger partial charge in [0, 0.05) is 16.5 Å². The third-order valence-electron chi connectivity index (χ3n) is 2.75. The van der Waals surface area contributed by atoms with E-state index >= 15 is 0 Å². The average Bonchev–Trinajstić information content (AvgIpc) is 2.27. The van der Waals surface area contributed by atoms with Crippen LogP contribution < -0.4 is 0 Å². The molecule has 0 radical (unpaired) electrons. The molecule has 3 nitrogen and oxygen atoms in total. The highest BCUT2D eigenvalue weighted by Gasteiger charge is 2.33. The third-order valence-corrected chi connectivity index (χ3v) is 4.13. The molecule has 0 aliphatic carbocycles. The summed E-state index contributed by atoms with van der Waals surface area (Å²) in [7, 11) is 0. The molecule has 0 heterocycles. The molecule has 0 amide bonds. The van der Waals surface area contributed by atoms with Crippen LogP contribution in [0.3, 0.4) is 0 Å². The largest absolute Gasteiger partial charge is 0.416 e. The van der Waals surface area contributed by atoms with E-state index in [-0.39, 0.29) is 10.7 Å². The first-order valence-electron chi connectivity index (χ1n) is 5.61. The molecule has 1 atom stereocenters. The van der Waals surface area contributed by atoms with Crippen LogP contribution in [0.5, 0.6) is 0 Å². The van der Waals surface area contributed by atoms with Gasteiger partial charge >= 0.3 is 6.18 Å². The summed E-state index contributed by atoms with van der Waals surface area (Å²) in [5.41, 5.74) is -1.19. The quantitative estimate of drug-likeness (QED) is 0.458. The highest BCUT2D eigenvalue weighted by atomic mass is 79.9. The molecule has 0 fully saturated rings. The average molecular weight is 340 g/mol. The van der Waals surface area contributed by atoms with Gasteiger partial charge in [0.15, 0.2) is 0 Å². The van der Waals surface area contributed by atoms with Crippen molar-refractivity contribution < 1.29 is 18.1 Å². The van der Waals surface area contributed by atoms with Gasteiger partial charge in [-0.3, -0.25) is 10.1 Å². The molecule has 0 aliphatic rings. The highest BCUT2D eigenvalue weighted by Crippen LogP contribution is 2.34. The number of halogens is 4. The van der Waals surface area contributed by atoms with Crippen molar-refractivity contribution in [3.63, 3.8) is 0 Å². The first kappa shape index (κ1) is 15.9. The molecular weight excluding hydrogens is 327 g/mol. The van der Waals surface area contributed by atoms with Crippen LogP contribution in [0.2, 0.25) is 0 Å². The standard InChI is InChI=1S/C12H13BrF3NO2/c1-7(2)10(13)5-8-3-4-9(12(14,15)16)6-11(8)17(18)19/h3-4,6-7,10H,5H2,1-2H3. The molecule has 7 heteroatoms. The van der Waals surface area contributed by atoms with Crippen molar-refractivity contribution in [2.75, 3.05) is 0 Å². The minimum atomic E-state index is -4.57. The Morgan fingerprint density at radius 3 is 2.37 bits per heavy atom. The summed E-state index contributed by atoms with van der Waals surface area (Å²) in [5, 5.41) is 10.9. The van der Waals surface area contributed by atoms with Crippen LogP contribution in [0, 0.1) is 16.0 Å². The van der Waals surface area contributed by atoms with Gasteiger partial charge in [0.05, 0.1) is 10.5 Å². The Balaban J connectivity index is 3.16. The maximum atomic E-state index is 12.5. The second kappa shape index (κ2) is 5.90. The number of nitro benzene ring substituents is 1. The van der Waals surface area contributed by atoms with Gasteiger partial charge in [-0.15, -0.1) is 0 Å². The number of hydrogen-bond acceptors (Lipinski definition) is 2. The first-order valence-corrected chi connectivity index (χ1v) is 6.53. The predicted octanol–water partition coefficient (Wildman–Crippen LogP) is 4.58. The van der Waals surface area contributed by atoms with E-state index in [2.05, 4.69) is 15.9 Å². The summed E-state index contributed by atoms with van der Waals surface area (Å²) in [6, 6.07) is 2.65. The molecule has 106 valence electrons. The Bertz CT molecular complexity index is 475. The van der Waals surface area contributed by atoms with E-state index in [1.54, 1.807) is 0 Å². The van der Waals surface area contributed by atoms with Crippen molar-refractivity contribution in [3.8, 4) is 0 Å². The summed E-state index contributed by atoms with van der Waals surface area (Å²) < 4.78 is 37.6.